The number of fused-ring (bicyclic) bond motifs is 1. The maximum absolute atomic E-state index is 15.4. The molecule has 3 N–H and O–H groups in total. The molecular weight excluding hydrogens is 345 g/mol. The van der Waals surface area contributed by atoms with E-state index in [4.69, 9.17) is 19.7 Å². The summed E-state index contributed by atoms with van der Waals surface area (Å²) in [6.45, 7) is 4.36. The Kier molecular flexibility index (Phi) is 5.12. The van der Waals surface area contributed by atoms with Gasteiger partial charge in [0.15, 0.2) is 11.5 Å². The molecule has 8 nitrogen and oxygen atoms in total. The van der Waals surface area contributed by atoms with E-state index < -0.39 is 17.8 Å². The highest BCUT2D eigenvalue weighted by Gasteiger charge is 2.32. The van der Waals surface area contributed by atoms with Gasteiger partial charge in [-0.05, 0) is 19.9 Å². The molecule has 1 aliphatic rings. The number of carbonyl (C=O) groups is 1. The molecule has 1 aliphatic heterocycles. The van der Waals surface area contributed by atoms with Crippen molar-refractivity contribution >= 4 is 22.6 Å². The molecule has 3 unspecified atom stereocenters. The van der Waals surface area contributed by atoms with Gasteiger partial charge in [0.1, 0.15) is 6.10 Å². The summed E-state index contributed by atoms with van der Waals surface area (Å²) in [5.41, 5.74) is 5.61. The number of nitrogens with zero attached hydrogens (tertiary/aromatic N) is 2. The van der Waals surface area contributed by atoms with Crippen LogP contribution in [0.3, 0.4) is 0 Å². The van der Waals surface area contributed by atoms with Crippen molar-refractivity contribution in [3.05, 3.63) is 23.1 Å². The van der Waals surface area contributed by atoms with Gasteiger partial charge in [0, 0.05) is 25.8 Å². The molecule has 0 bridgehead atoms. The molecule has 2 heterocycles. The fourth-order valence-corrected chi connectivity index (χ4v) is 3.45. The molecule has 9 heteroatoms. The maximum Gasteiger partial charge on any atom is 0.271 e. The highest BCUT2D eigenvalue weighted by Crippen LogP contribution is 2.38. The number of morpholine rings is 1. The number of carbonyl (C=O) groups excluding carboxylic acids is 1. The van der Waals surface area contributed by atoms with Crippen LogP contribution in [0.5, 0.6) is 0 Å². The Morgan fingerprint density at radius 3 is 2.69 bits per heavy atom. The Morgan fingerprint density at radius 2 is 2.15 bits per heavy atom. The van der Waals surface area contributed by atoms with E-state index in [0.29, 0.717) is 18.7 Å². The van der Waals surface area contributed by atoms with Gasteiger partial charge in [0.2, 0.25) is 5.58 Å². The summed E-state index contributed by atoms with van der Waals surface area (Å²) in [5.74, 6) is -1.50. The van der Waals surface area contributed by atoms with Gasteiger partial charge < -0.3 is 29.7 Å². The first-order valence-corrected chi connectivity index (χ1v) is 8.33. The number of rotatable bonds is 5. The van der Waals surface area contributed by atoms with Crippen LogP contribution >= 0.6 is 0 Å². The molecule has 3 atom stereocenters. The van der Waals surface area contributed by atoms with Gasteiger partial charge in [-0.15, -0.1) is 0 Å². The highest BCUT2D eigenvalue weighted by atomic mass is 19.1. The first kappa shape index (κ1) is 18.6. The third-order valence-electron chi connectivity index (χ3n) is 4.47. The topological polar surface area (TPSA) is 111 Å². The molecule has 3 rings (SSSR count). The number of aliphatic hydroxyl groups excluding tert-OH is 1. The highest BCUT2D eigenvalue weighted by molar-refractivity contribution is 6.04. The van der Waals surface area contributed by atoms with Crippen LogP contribution < -0.4 is 10.6 Å². The Hall–Kier alpha value is -2.23. The van der Waals surface area contributed by atoms with E-state index in [-0.39, 0.29) is 41.2 Å². The summed E-state index contributed by atoms with van der Waals surface area (Å²) in [4.78, 5) is 13.4. The molecule has 0 radical (unpaired) electrons. The fraction of sp³-hybridized carbons (Fsp3) is 0.529. The average molecular weight is 367 g/mol. The minimum absolute atomic E-state index is 0.104. The second kappa shape index (κ2) is 7.18. The molecule has 0 spiro atoms. The molecule has 1 aromatic carbocycles. The van der Waals surface area contributed by atoms with E-state index in [0.717, 1.165) is 0 Å². The van der Waals surface area contributed by atoms with Crippen LogP contribution in [0.1, 0.15) is 36.0 Å². The third kappa shape index (κ3) is 3.13. The molecule has 1 amide bonds. The molecule has 26 heavy (non-hydrogen) atoms. The minimum atomic E-state index is -0.826. The number of aliphatic hydroxyl groups is 1. The number of benzene rings is 1. The molecule has 1 saturated heterocycles. The van der Waals surface area contributed by atoms with E-state index in [1.165, 1.54) is 7.11 Å². The number of methoxy groups -OCH3 is 1. The number of hydrogen-bond acceptors (Lipinski definition) is 7. The van der Waals surface area contributed by atoms with Crippen molar-refractivity contribution in [2.24, 2.45) is 5.73 Å². The number of halogens is 1. The zero-order valence-electron chi connectivity index (χ0n) is 14.9. The first-order chi connectivity index (χ1) is 12.4. The van der Waals surface area contributed by atoms with Gasteiger partial charge in [-0.1, -0.05) is 5.16 Å². The zero-order chi connectivity index (χ0) is 19.0. The Bertz CT molecular complexity index is 810. The molecule has 0 saturated carbocycles. The average Bonchev–Trinajstić information content (AvgIpc) is 2.99. The standard InChI is InChI=1S/C17H22FN3O5/c1-8-5-21(6-9(2)25-8)15-10(12(7-22)24-3)4-11-14(17(19)23)20-26-16(11)13(15)18/h4,8-9,12,22H,5-7H2,1-3H3,(H2,19,23). The van der Waals surface area contributed by atoms with Crippen LogP contribution in [0.15, 0.2) is 10.6 Å². The van der Waals surface area contributed by atoms with E-state index in [1.807, 2.05) is 18.7 Å². The van der Waals surface area contributed by atoms with Crippen molar-refractivity contribution in [1.82, 2.24) is 5.16 Å². The summed E-state index contributed by atoms with van der Waals surface area (Å²) >= 11 is 0. The summed E-state index contributed by atoms with van der Waals surface area (Å²) in [7, 11) is 1.42. The fourth-order valence-electron chi connectivity index (χ4n) is 3.45. The summed E-state index contributed by atoms with van der Waals surface area (Å²) < 4.78 is 31.4. The second-order valence-electron chi connectivity index (χ2n) is 6.47. The van der Waals surface area contributed by atoms with Gasteiger partial charge in [0.05, 0.1) is 29.9 Å². The molecule has 142 valence electrons. The number of anilines is 1. The SMILES string of the molecule is COC(CO)c1cc2c(C(N)=O)noc2c(F)c1N1CC(C)OC(C)C1. The van der Waals surface area contributed by atoms with Crippen molar-refractivity contribution in [3.8, 4) is 0 Å². The third-order valence-corrected chi connectivity index (χ3v) is 4.47. The zero-order valence-corrected chi connectivity index (χ0v) is 14.9. The molecular formula is C17H22FN3O5. The molecule has 1 fully saturated rings. The minimum Gasteiger partial charge on any atom is -0.393 e. The predicted octanol–water partition coefficient (Wildman–Crippen LogP) is 1.36. The number of ether oxygens (including phenoxy) is 2. The molecule has 1 aromatic heterocycles. The van der Waals surface area contributed by atoms with Crippen molar-refractivity contribution in [3.63, 3.8) is 0 Å². The number of hydrogen-bond donors (Lipinski definition) is 2. The number of amides is 1. The summed E-state index contributed by atoms with van der Waals surface area (Å²) in [6.07, 6.45) is -0.992. The van der Waals surface area contributed by atoms with Crippen LogP contribution in [0.25, 0.3) is 11.0 Å². The van der Waals surface area contributed by atoms with Gasteiger partial charge in [-0.3, -0.25) is 4.79 Å². The van der Waals surface area contributed by atoms with Crippen LogP contribution in [0, 0.1) is 5.82 Å². The van der Waals surface area contributed by atoms with Crippen LogP contribution in [-0.4, -0.2) is 55.2 Å². The van der Waals surface area contributed by atoms with Crippen molar-refractivity contribution in [1.29, 1.82) is 0 Å². The van der Waals surface area contributed by atoms with Gasteiger partial charge in [0.25, 0.3) is 5.91 Å². The van der Waals surface area contributed by atoms with Crippen molar-refractivity contribution in [2.75, 3.05) is 31.7 Å². The largest absolute Gasteiger partial charge is 0.393 e. The van der Waals surface area contributed by atoms with E-state index >= 15 is 4.39 Å². The van der Waals surface area contributed by atoms with E-state index in [2.05, 4.69) is 5.16 Å². The lowest BCUT2D eigenvalue weighted by Crippen LogP contribution is -2.46. The first-order valence-electron chi connectivity index (χ1n) is 8.33. The van der Waals surface area contributed by atoms with Crippen LogP contribution in [-0.2, 0) is 9.47 Å². The Balaban J connectivity index is 2.24. The lowest BCUT2D eigenvalue weighted by atomic mass is 10.0. The Labute approximate surface area is 149 Å². The van der Waals surface area contributed by atoms with Gasteiger partial charge in [-0.25, -0.2) is 4.39 Å². The van der Waals surface area contributed by atoms with E-state index in [9.17, 15) is 9.90 Å². The quantitative estimate of drug-likeness (QED) is 0.821. The van der Waals surface area contributed by atoms with E-state index in [1.54, 1.807) is 6.07 Å². The van der Waals surface area contributed by atoms with Gasteiger partial charge in [-0.2, -0.15) is 0 Å². The monoisotopic (exact) mass is 367 g/mol. The molecule has 2 aromatic rings. The number of aromatic nitrogens is 1. The van der Waals surface area contributed by atoms with Gasteiger partial charge >= 0.3 is 0 Å². The maximum atomic E-state index is 15.4. The lowest BCUT2D eigenvalue weighted by molar-refractivity contribution is -0.00584. The second-order valence-corrected chi connectivity index (χ2v) is 6.47. The number of primary amides is 1. The number of nitrogens with two attached hydrogens (primary N) is 1. The predicted molar refractivity (Wildman–Crippen MR) is 91.5 cm³/mol. The van der Waals surface area contributed by atoms with Crippen LogP contribution in [0.4, 0.5) is 10.1 Å². The van der Waals surface area contributed by atoms with Crippen LogP contribution in [0.2, 0.25) is 0 Å². The van der Waals surface area contributed by atoms with Crippen molar-refractivity contribution in [2.45, 2.75) is 32.2 Å². The molecule has 0 aliphatic carbocycles. The smallest absolute Gasteiger partial charge is 0.271 e. The normalized spacial score (nSPS) is 22.0. The summed E-state index contributed by atoms with van der Waals surface area (Å²) in [5, 5.41) is 13.4. The van der Waals surface area contributed by atoms with Crippen molar-refractivity contribution < 1.29 is 28.3 Å². The lowest BCUT2D eigenvalue weighted by Gasteiger charge is -2.38. The Morgan fingerprint density at radius 1 is 1.50 bits per heavy atom. The summed E-state index contributed by atoms with van der Waals surface area (Å²) in [6, 6.07) is 1.54.